The minimum atomic E-state index is 0.458. The van der Waals surface area contributed by atoms with Gasteiger partial charge in [0, 0.05) is 20.8 Å². The van der Waals surface area contributed by atoms with Gasteiger partial charge >= 0.3 is 0 Å². The lowest BCUT2D eigenvalue weighted by molar-refractivity contribution is 0.975. The number of nitrogen functional groups attached to an aromatic ring is 1. The van der Waals surface area contributed by atoms with Crippen molar-refractivity contribution in [1.82, 2.24) is 9.97 Å². The molecule has 1 aromatic heterocycles. The summed E-state index contributed by atoms with van der Waals surface area (Å²) in [5.41, 5.74) is 6.21. The highest BCUT2D eigenvalue weighted by Crippen LogP contribution is 2.24. The molecule has 0 atom stereocenters. The molecule has 70 valence electrons. The van der Waals surface area contributed by atoms with Crippen LogP contribution >= 0.6 is 0 Å². The van der Waals surface area contributed by atoms with Gasteiger partial charge in [-0.15, -0.1) is 0 Å². The fourth-order valence-electron chi connectivity index (χ4n) is 0.910. The third kappa shape index (κ3) is 1.66. The standard InChI is InChI=1S/C7H12N6/c1-9-6-5(8)7(12-4-11-6)13(3)10-2/h4H,2,8H2,1,3H3,(H,9,11,12). The van der Waals surface area contributed by atoms with Crippen LogP contribution in [0.4, 0.5) is 17.3 Å². The van der Waals surface area contributed by atoms with E-state index in [1.165, 1.54) is 11.3 Å². The van der Waals surface area contributed by atoms with Crippen LogP contribution in [-0.4, -0.2) is 30.8 Å². The van der Waals surface area contributed by atoms with Crippen molar-refractivity contribution in [3.63, 3.8) is 0 Å². The Balaban J connectivity index is 3.14. The van der Waals surface area contributed by atoms with Gasteiger partial charge in [-0.25, -0.2) is 15.0 Å². The molecule has 0 spiro atoms. The fraction of sp³-hybridized carbons (Fsp3) is 0.286. The third-order valence-electron chi connectivity index (χ3n) is 1.62. The first-order chi connectivity index (χ1) is 6.20. The third-order valence-corrected chi connectivity index (χ3v) is 1.62. The van der Waals surface area contributed by atoms with E-state index in [9.17, 15) is 0 Å². The van der Waals surface area contributed by atoms with Gasteiger partial charge in [0.15, 0.2) is 11.6 Å². The molecule has 6 heteroatoms. The molecule has 0 unspecified atom stereocenters. The van der Waals surface area contributed by atoms with Crippen LogP contribution < -0.4 is 16.1 Å². The Morgan fingerprint density at radius 3 is 2.85 bits per heavy atom. The highest BCUT2D eigenvalue weighted by atomic mass is 15.5. The maximum atomic E-state index is 5.75. The number of hydrogen-bond acceptors (Lipinski definition) is 6. The van der Waals surface area contributed by atoms with Crippen molar-refractivity contribution in [2.45, 2.75) is 0 Å². The number of nitrogens with zero attached hydrogens (tertiary/aromatic N) is 4. The van der Waals surface area contributed by atoms with Crippen LogP contribution in [0.15, 0.2) is 11.4 Å². The molecule has 0 aromatic carbocycles. The zero-order chi connectivity index (χ0) is 9.84. The Morgan fingerprint density at radius 1 is 1.62 bits per heavy atom. The van der Waals surface area contributed by atoms with E-state index >= 15 is 0 Å². The Morgan fingerprint density at radius 2 is 2.31 bits per heavy atom. The number of nitrogens with one attached hydrogen (secondary N) is 1. The minimum absolute atomic E-state index is 0.458. The minimum Gasteiger partial charge on any atom is -0.393 e. The van der Waals surface area contributed by atoms with E-state index in [1.54, 1.807) is 14.1 Å². The van der Waals surface area contributed by atoms with Crippen molar-refractivity contribution in [1.29, 1.82) is 0 Å². The van der Waals surface area contributed by atoms with E-state index in [-0.39, 0.29) is 0 Å². The fourth-order valence-corrected chi connectivity index (χ4v) is 0.910. The van der Waals surface area contributed by atoms with Gasteiger partial charge in [-0.1, -0.05) is 0 Å². The molecule has 0 fully saturated rings. The lowest BCUT2D eigenvalue weighted by Gasteiger charge is -2.14. The number of rotatable bonds is 3. The summed E-state index contributed by atoms with van der Waals surface area (Å²) >= 11 is 0. The maximum absolute atomic E-state index is 5.75. The van der Waals surface area contributed by atoms with Gasteiger partial charge in [0.2, 0.25) is 0 Å². The van der Waals surface area contributed by atoms with Gasteiger partial charge in [-0.05, 0) is 0 Å². The summed E-state index contributed by atoms with van der Waals surface area (Å²) in [6, 6.07) is 0. The Kier molecular flexibility index (Phi) is 2.63. The first-order valence-electron chi connectivity index (χ1n) is 3.69. The van der Waals surface area contributed by atoms with Crippen molar-refractivity contribution in [2.24, 2.45) is 5.10 Å². The van der Waals surface area contributed by atoms with Crippen LogP contribution in [0.2, 0.25) is 0 Å². The van der Waals surface area contributed by atoms with E-state index in [0.717, 1.165) is 0 Å². The average molecular weight is 180 g/mol. The second-order valence-electron chi connectivity index (χ2n) is 2.37. The van der Waals surface area contributed by atoms with Gasteiger partial charge < -0.3 is 11.1 Å². The number of nitrogens with two attached hydrogens (primary N) is 1. The van der Waals surface area contributed by atoms with Crippen molar-refractivity contribution in [2.75, 3.05) is 30.2 Å². The lowest BCUT2D eigenvalue weighted by Crippen LogP contribution is -2.13. The molecule has 6 nitrogen and oxygen atoms in total. The summed E-state index contributed by atoms with van der Waals surface area (Å²) in [5, 5.41) is 8.01. The summed E-state index contributed by atoms with van der Waals surface area (Å²) in [6.07, 6.45) is 1.42. The maximum Gasteiger partial charge on any atom is 0.177 e. The first-order valence-corrected chi connectivity index (χ1v) is 3.69. The predicted octanol–water partition coefficient (Wildman–Crippen LogP) is 0.152. The molecule has 0 aliphatic rings. The Bertz CT molecular complexity index is 310. The summed E-state index contributed by atoms with van der Waals surface area (Å²) in [6.45, 7) is 3.37. The van der Waals surface area contributed by atoms with Crippen molar-refractivity contribution in [3.05, 3.63) is 6.33 Å². The molecule has 13 heavy (non-hydrogen) atoms. The van der Waals surface area contributed by atoms with E-state index in [0.29, 0.717) is 17.3 Å². The molecule has 1 rings (SSSR count). The van der Waals surface area contributed by atoms with Crippen LogP contribution in [0.3, 0.4) is 0 Å². The number of hydrogen-bond donors (Lipinski definition) is 2. The van der Waals surface area contributed by atoms with Gasteiger partial charge in [-0.3, -0.25) is 0 Å². The van der Waals surface area contributed by atoms with E-state index in [1.807, 2.05) is 0 Å². The second kappa shape index (κ2) is 3.70. The number of aromatic nitrogens is 2. The van der Waals surface area contributed by atoms with Crippen LogP contribution in [-0.2, 0) is 0 Å². The molecule has 1 aromatic rings. The van der Waals surface area contributed by atoms with E-state index in [2.05, 4.69) is 27.1 Å². The highest BCUT2D eigenvalue weighted by molar-refractivity contribution is 5.74. The van der Waals surface area contributed by atoms with Crippen LogP contribution in [0, 0.1) is 0 Å². The molecule has 0 aliphatic carbocycles. The topological polar surface area (TPSA) is 79.4 Å². The van der Waals surface area contributed by atoms with Crippen molar-refractivity contribution < 1.29 is 0 Å². The first kappa shape index (κ1) is 9.24. The second-order valence-corrected chi connectivity index (χ2v) is 2.37. The zero-order valence-electron chi connectivity index (χ0n) is 7.65. The van der Waals surface area contributed by atoms with Gasteiger partial charge in [0.1, 0.15) is 12.0 Å². The molecular formula is C7H12N6. The average Bonchev–Trinajstić information content (AvgIpc) is 2.17. The Hall–Kier alpha value is -1.85. The molecular weight excluding hydrogens is 168 g/mol. The number of hydrazone groups is 1. The molecule has 1 heterocycles. The summed E-state index contributed by atoms with van der Waals surface area (Å²) < 4.78 is 0. The molecule has 0 saturated heterocycles. The molecule has 0 amide bonds. The Labute approximate surface area is 76.5 Å². The van der Waals surface area contributed by atoms with Gasteiger partial charge in [0.25, 0.3) is 0 Å². The summed E-state index contributed by atoms with van der Waals surface area (Å²) in [5.74, 6) is 1.12. The molecule has 0 radical (unpaired) electrons. The van der Waals surface area contributed by atoms with Crippen LogP contribution in [0.25, 0.3) is 0 Å². The number of anilines is 3. The quantitative estimate of drug-likeness (QED) is 0.511. The predicted molar refractivity (Wildman–Crippen MR) is 53.9 cm³/mol. The van der Waals surface area contributed by atoms with Crippen molar-refractivity contribution >= 4 is 24.0 Å². The largest absolute Gasteiger partial charge is 0.393 e. The van der Waals surface area contributed by atoms with E-state index < -0.39 is 0 Å². The van der Waals surface area contributed by atoms with E-state index in [4.69, 9.17) is 5.73 Å². The lowest BCUT2D eigenvalue weighted by atomic mass is 10.4. The highest BCUT2D eigenvalue weighted by Gasteiger charge is 2.09. The monoisotopic (exact) mass is 180 g/mol. The smallest absolute Gasteiger partial charge is 0.177 e. The van der Waals surface area contributed by atoms with Gasteiger partial charge in [-0.2, -0.15) is 5.10 Å². The molecule has 3 N–H and O–H groups in total. The van der Waals surface area contributed by atoms with Crippen molar-refractivity contribution in [3.8, 4) is 0 Å². The zero-order valence-corrected chi connectivity index (χ0v) is 7.65. The summed E-state index contributed by atoms with van der Waals surface area (Å²) in [4.78, 5) is 7.91. The molecule has 0 aliphatic heterocycles. The molecule has 0 saturated carbocycles. The van der Waals surface area contributed by atoms with Crippen LogP contribution in [0.1, 0.15) is 0 Å². The summed E-state index contributed by atoms with van der Waals surface area (Å²) in [7, 11) is 3.45. The van der Waals surface area contributed by atoms with Crippen LogP contribution in [0.5, 0.6) is 0 Å². The molecule has 0 bridgehead atoms. The SMILES string of the molecule is C=NN(C)c1ncnc(NC)c1N. The normalized spacial score (nSPS) is 9.38. The van der Waals surface area contributed by atoms with Gasteiger partial charge in [0.05, 0.1) is 0 Å².